The first kappa shape index (κ1) is 23.8. The molecule has 1 aliphatic rings. The van der Waals surface area contributed by atoms with Crippen molar-refractivity contribution in [2.24, 2.45) is 11.8 Å². The molecule has 1 saturated heterocycles. The van der Waals surface area contributed by atoms with Gasteiger partial charge in [0.2, 0.25) is 15.9 Å². The summed E-state index contributed by atoms with van der Waals surface area (Å²) in [6, 6.07) is 7.88. The van der Waals surface area contributed by atoms with Crippen LogP contribution in [0.3, 0.4) is 0 Å². The van der Waals surface area contributed by atoms with Crippen LogP contribution in [-0.2, 0) is 24.3 Å². The highest BCUT2D eigenvalue weighted by molar-refractivity contribution is 7.89. The zero-order valence-corrected chi connectivity index (χ0v) is 18.3. The molecule has 2 atom stereocenters. The fraction of sp³-hybridized carbons (Fsp3) is 0.550. The molecule has 2 rings (SSSR count). The van der Waals surface area contributed by atoms with Gasteiger partial charge < -0.3 is 10.1 Å². The minimum Gasteiger partial charge on any atom is -0.468 e. The van der Waals surface area contributed by atoms with Crippen LogP contribution in [0, 0.1) is 23.2 Å². The lowest BCUT2D eigenvalue weighted by Crippen LogP contribution is -2.42. The summed E-state index contributed by atoms with van der Waals surface area (Å²) in [7, 11) is -2.36. The molecule has 0 bridgehead atoms. The fourth-order valence-corrected chi connectivity index (χ4v) is 5.26. The van der Waals surface area contributed by atoms with E-state index < -0.39 is 21.9 Å². The predicted molar refractivity (Wildman–Crippen MR) is 111 cm³/mol. The number of benzene rings is 1. The first-order valence-electron chi connectivity index (χ1n) is 9.72. The SMILES string of the molecule is COC(=O)CN(CC#N)CC(=O)Nc1ccc(S(=O)(=O)N2C[C@@H](C)C[C@H](C)C2)cc1. The van der Waals surface area contributed by atoms with Crippen molar-refractivity contribution < 1.29 is 22.7 Å². The number of amides is 1. The number of nitriles is 1. The van der Waals surface area contributed by atoms with Gasteiger partial charge in [0.1, 0.15) is 0 Å². The number of hydrogen-bond acceptors (Lipinski definition) is 7. The average molecular weight is 437 g/mol. The van der Waals surface area contributed by atoms with E-state index in [2.05, 4.69) is 10.1 Å². The number of nitrogens with zero attached hydrogens (tertiary/aromatic N) is 3. The molecule has 9 nitrogen and oxygen atoms in total. The monoisotopic (exact) mass is 436 g/mol. The molecule has 1 aromatic rings. The van der Waals surface area contributed by atoms with Gasteiger partial charge in [-0.1, -0.05) is 13.8 Å². The summed E-state index contributed by atoms with van der Waals surface area (Å²) < 4.78 is 31.9. The van der Waals surface area contributed by atoms with Gasteiger partial charge in [-0.2, -0.15) is 9.57 Å². The minimum absolute atomic E-state index is 0.105. The van der Waals surface area contributed by atoms with E-state index in [9.17, 15) is 18.0 Å². The summed E-state index contributed by atoms with van der Waals surface area (Å²) in [6.45, 7) is 4.64. The first-order chi connectivity index (χ1) is 14.1. The van der Waals surface area contributed by atoms with Crippen molar-refractivity contribution in [1.82, 2.24) is 9.21 Å². The van der Waals surface area contributed by atoms with Crippen LogP contribution in [0.5, 0.6) is 0 Å². The van der Waals surface area contributed by atoms with E-state index in [-0.39, 0.29) is 24.5 Å². The molecular weight excluding hydrogens is 408 g/mol. The van der Waals surface area contributed by atoms with Crippen molar-refractivity contribution in [3.8, 4) is 6.07 Å². The molecule has 0 spiro atoms. The maximum atomic E-state index is 12.9. The zero-order valence-electron chi connectivity index (χ0n) is 17.5. The molecule has 10 heteroatoms. The number of piperidine rings is 1. The molecule has 1 amide bonds. The van der Waals surface area contributed by atoms with Crippen LogP contribution in [0.2, 0.25) is 0 Å². The Bertz CT molecular complexity index is 885. The quantitative estimate of drug-likeness (QED) is 0.482. The smallest absolute Gasteiger partial charge is 0.319 e. The number of sulfonamides is 1. The molecule has 0 radical (unpaired) electrons. The van der Waals surface area contributed by atoms with E-state index in [4.69, 9.17) is 5.26 Å². The van der Waals surface area contributed by atoms with Gasteiger partial charge in [-0.25, -0.2) is 8.42 Å². The van der Waals surface area contributed by atoms with E-state index in [1.54, 1.807) is 0 Å². The Morgan fingerprint density at radius 2 is 1.80 bits per heavy atom. The van der Waals surface area contributed by atoms with E-state index >= 15 is 0 Å². The Hall–Kier alpha value is -2.48. The maximum absolute atomic E-state index is 12.9. The summed E-state index contributed by atoms with van der Waals surface area (Å²) in [5, 5.41) is 11.5. The predicted octanol–water partition coefficient (Wildman–Crippen LogP) is 1.29. The van der Waals surface area contributed by atoms with Crippen molar-refractivity contribution in [3.63, 3.8) is 0 Å². The Kier molecular flexibility index (Phi) is 8.34. The van der Waals surface area contributed by atoms with Crippen molar-refractivity contribution >= 4 is 27.6 Å². The number of methoxy groups -OCH3 is 1. The molecular formula is C20H28N4O5S. The van der Waals surface area contributed by atoms with E-state index in [0.29, 0.717) is 30.6 Å². The molecule has 0 unspecified atom stereocenters. The number of esters is 1. The van der Waals surface area contributed by atoms with Crippen molar-refractivity contribution in [2.75, 3.05) is 45.2 Å². The van der Waals surface area contributed by atoms with Crippen LogP contribution in [0.15, 0.2) is 29.2 Å². The van der Waals surface area contributed by atoms with Crippen LogP contribution < -0.4 is 5.32 Å². The Morgan fingerprint density at radius 3 is 2.33 bits per heavy atom. The van der Waals surface area contributed by atoms with Crippen molar-refractivity contribution in [1.29, 1.82) is 5.26 Å². The topological polar surface area (TPSA) is 120 Å². The average Bonchev–Trinajstić information content (AvgIpc) is 2.67. The number of hydrogen-bond donors (Lipinski definition) is 1. The highest BCUT2D eigenvalue weighted by Gasteiger charge is 2.31. The van der Waals surface area contributed by atoms with Gasteiger partial charge in [0.15, 0.2) is 0 Å². The van der Waals surface area contributed by atoms with Gasteiger partial charge in [-0.3, -0.25) is 14.5 Å². The Morgan fingerprint density at radius 1 is 1.20 bits per heavy atom. The molecule has 0 aromatic heterocycles. The summed E-state index contributed by atoms with van der Waals surface area (Å²) in [5.74, 6) is -0.357. The second-order valence-corrected chi connectivity index (χ2v) is 9.66. The summed E-state index contributed by atoms with van der Waals surface area (Å²) >= 11 is 0. The molecule has 30 heavy (non-hydrogen) atoms. The molecule has 0 saturated carbocycles. The number of carbonyl (C=O) groups excluding carboxylic acids is 2. The summed E-state index contributed by atoms with van der Waals surface area (Å²) in [6.07, 6.45) is 1.01. The second-order valence-electron chi connectivity index (χ2n) is 7.72. The van der Waals surface area contributed by atoms with Gasteiger partial charge in [0.05, 0.1) is 37.7 Å². The van der Waals surface area contributed by atoms with E-state index in [1.165, 1.54) is 40.6 Å². The van der Waals surface area contributed by atoms with Crippen LogP contribution >= 0.6 is 0 Å². The minimum atomic E-state index is -3.59. The van der Waals surface area contributed by atoms with Gasteiger partial charge in [-0.05, 0) is 42.5 Å². The van der Waals surface area contributed by atoms with Crippen LogP contribution in [0.4, 0.5) is 5.69 Å². The number of nitrogens with one attached hydrogen (secondary N) is 1. The standard InChI is InChI=1S/C20H28N4O5S/c1-15-10-16(2)12-24(11-15)30(27,28)18-6-4-17(5-7-18)22-19(25)13-23(9-8-21)14-20(26)29-3/h4-7,15-16H,9-14H2,1-3H3,(H,22,25)/t15-,16-/m0/s1. The fourth-order valence-electron chi connectivity index (χ4n) is 3.58. The number of ether oxygens (including phenoxy) is 1. The highest BCUT2D eigenvalue weighted by atomic mass is 32.2. The summed E-state index contributed by atoms with van der Waals surface area (Å²) in [4.78, 5) is 25.1. The van der Waals surface area contributed by atoms with Crippen LogP contribution in [-0.4, -0.2) is 69.3 Å². The van der Waals surface area contributed by atoms with Gasteiger partial charge >= 0.3 is 5.97 Å². The molecule has 1 aliphatic heterocycles. The number of carbonyl (C=O) groups is 2. The lowest BCUT2D eigenvalue weighted by molar-refractivity contribution is -0.141. The van der Waals surface area contributed by atoms with Crippen LogP contribution in [0.1, 0.15) is 20.3 Å². The third kappa shape index (κ3) is 6.52. The number of anilines is 1. The van der Waals surface area contributed by atoms with Gasteiger partial charge in [0, 0.05) is 18.8 Å². The molecule has 1 heterocycles. The maximum Gasteiger partial charge on any atom is 0.319 e. The Labute approximate surface area is 177 Å². The van der Waals surface area contributed by atoms with Crippen molar-refractivity contribution in [2.45, 2.75) is 25.2 Å². The lowest BCUT2D eigenvalue weighted by atomic mass is 9.94. The normalized spacial score (nSPS) is 19.8. The van der Waals surface area contributed by atoms with Gasteiger partial charge in [-0.15, -0.1) is 0 Å². The zero-order chi connectivity index (χ0) is 22.3. The molecule has 1 fully saturated rings. The van der Waals surface area contributed by atoms with Gasteiger partial charge in [0.25, 0.3) is 0 Å². The molecule has 0 aliphatic carbocycles. The Balaban J connectivity index is 2.02. The lowest BCUT2D eigenvalue weighted by Gasteiger charge is -2.34. The van der Waals surface area contributed by atoms with Crippen LogP contribution in [0.25, 0.3) is 0 Å². The van der Waals surface area contributed by atoms with Crippen molar-refractivity contribution in [3.05, 3.63) is 24.3 Å². The largest absolute Gasteiger partial charge is 0.468 e. The van der Waals surface area contributed by atoms with E-state index in [0.717, 1.165) is 6.42 Å². The third-order valence-electron chi connectivity index (χ3n) is 4.85. The first-order valence-corrected chi connectivity index (χ1v) is 11.2. The number of rotatable bonds is 8. The molecule has 164 valence electrons. The van der Waals surface area contributed by atoms with E-state index in [1.807, 2.05) is 19.9 Å². The molecule has 1 N–H and O–H groups in total. The third-order valence-corrected chi connectivity index (χ3v) is 6.70. The second kappa shape index (κ2) is 10.5. The highest BCUT2D eigenvalue weighted by Crippen LogP contribution is 2.27. The summed E-state index contributed by atoms with van der Waals surface area (Å²) in [5.41, 5.74) is 0.425. The molecule has 1 aromatic carbocycles.